The summed E-state index contributed by atoms with van der Waals surface area (Å²) in [5.74, 6) is 1.40. The molecule has 0 saturated heterocycles. The van der Waals surface area contributed by atoms with Crippen molar-refractivity contribution in [2.75, 3.05) is 0 Å². The molecule has 0 spiro atoms. The third-order valence-electron chi connectivity index (χ3n) is 5.92. The fourth-order valence-corrected chi connectivity index (χ4v) is 3.90. The minimum atomic E-state index is -0.186. The summed E-state index contributed by atoms with van der Waals surface area (Å²) in [5, 5.41) is 11.1. The molecule has 0 bridgehead atoms. The van der Waals surface area contributed by atoms with Gasteiger partial charge in [0.2, 0.25) is 0 Å². The van der Waals surface area contributed by atoms with Crippen LogP contribution in [0.15, 0.2) is 72.8 Å². The second kappa shape index (κ2) is 14.3. The monoisotopic (exact) mass is 462 g/mol. The molecule has 3 aromatic carbocycles. The summed E-state index contributed by atoms with van der Waals surface area (Å²) in [6, 6.07) is 23.9. The van der Waals surface area contributed by atoms with Crippen LogP contribution in [-0.2, 0) is 18.6 Å². The summed E-state index contributed by atoms with van der Waals surface area (Å²) in [7, 11) is 0. The molecule has 0 fully saturated rings. The van der Waals surface area contributed by atoms with Crippen LogP contribution in [-0.4, -0.2) is 5.11 Å². The summed E-state index contributed by atoms with van der Waals surface area (Å²) < 4.78 is 12.2. The lowest BCUT2D eigenvalue weighted by Gasteiger charge is -2.28. The van der Waals surface area contributed by atoms with Crippen LogP contribution in [0.25, 0.3) is 0 Å². The molecule has 3 aromatic rings. The van der Waals surface area contributed by atoms with Crippen LogP contribution >= 0.6 is 0 Å². The molecule has 0 aromatic heterocycles. The van der Waals surface area contributed by atoms with E-state index in [9.17, 15) is 5.11 Å². The van der Waals surface area contributed by atoms with Crippen LogP contribution in [0.4, 0.5) is 0 Å². The SMILES string of the molecule is CC.CCCCCCC(C)(C)c1cc(OCc2ccccc2)cc(OCc2ccccc2)c1O. The van der Waals surface area contributed by atoms with E-state index in [-0.39, 0.29) is 11.2 Å². The number of hydrogen-bond acceptors (Lipinski definition) is 3. The van der Waals surface area contributed by atoms with E-state index in [1.807, 2.05) is 80.6 Å². The maximum atomic E-state index is 11.1. The van der Waals surface area contributed by atoms with Crippen molar-refractivity contribution in [3.05, 3.63) is 89.5 Å². The summed E-state index contributed by atoms with van der Waals surface area (Å²) in [4.78, 5) is 0. The topological polar surface area (TPSA) is 38.7 Å². The second-order valence-corrected chi connectivity index (χ2v) is 9.06. The highest BCUT2D eigenvalue weighted by atomic mass is 16.5. The van der Waals surface area contributed by atoms with Gasteiger partial charge >= 0.3 is 0 Å². The third-order valence-corrected chi connectivity index (χ3v) is 5.92. The molecule has 0 saturated carbocycles. The van der Waals surface area contributed by atoms with Crippen LogP contribution < -0.4 is 9.47 Å². The Labute approximate surface area is 206 Å². The van der Waals surface area contributed by atoms with E-state index in [4.69, 9.17) is 9.47 Å². The number of phenols is 1. The summed E-state index contributed by atoms with van der Waals surface area (Å²) >= 11 is 0. The first-order valence-corrected chi connectivity index (χ1v) is 12.7. The molecule has 3 heteroatoms. The fourth-order valence-electron chi connectivity index (χ4n) is 3.90. The molecular formula is C31H42O3. The lowest BCUT2D eigenvalue weighted by Crippen LogP contribution is -2.18. The van der Waals surface area contributed by atoms with Crippen LogP contribution in [0.5, 0.6) is 17.2 Å². The molecule has 0 heterocycles. The number of phenolic OH excluding ortho intramolecular Hbond substituents is 1. The van der Waals surface area contributed by atoms with Crippen molar-refractivity contribution in [2.45, 2.75) is 85.4 Å². The molecule has 0 amide bonds. The summed E-state index contributed by atoms with van der Waals surface area (Å²) in [6.07, 6.45) is 5.80. The number of benzene rings is 3. The molecular weight excluding hydrogens is 420 g/mol. The van der Waals surface area contributed by atoms with E-state index in [2.05, 4.69) is 20.8 Å². The predicted molar refractivity (Wildman–Crippen MR) is 143 cm³/mol. The molecule has 184 valence electrons. The minimum absolute atomic E-state index is 0.186. The largest absolute Gasteiger partial charge is 0.504 e. The Morgan fingerprint density at radius 2 is 1.29 bits per heavy atom. The van der Waals surface area contributed by atoms with Crippen LogP contribution in [0.3, 0.4) is 0 Å². The van der Waals surface area contributed by atoms with Gasteiger partial charge in [-0.15, -0.1) is 0 Å². The van der Waals surface area contributed by atoms with Gasteiger partial charge in [-0.1, -0.05) is 121 Å². The predicted octanol–water partition coefficient (Wildman–Crippen LogP) is 8.82. The second-order valence-electron chi connectivity index (χ2n) is 9.06. The maximum absolute atomic E-state index is 11.1. The van der Waals surface area contributed by atoms with Gasteiger partial charge in [0.1, 0.15) is 19.0 Å². The quantitative estimate of drug-likeness (QED) is 0.273. The standard InChI is InChI=1S/C29H36O3.C2H6/c1-4-5-6-13-18-29(2,3)26-19-25(31-21-23-14-9-7-10-15-23)20-27(28(26)30)32-22-24-16-11-8-12-17-24;1-2/h7-12,14-17,19-20,30H,4-6,13,18,21-22H2,1-3H3;1-2H3. The molecule has 0 aliphatic heterocycles. The van der Waals surface area contributed by atoms with E-state index in [1.165, 1.54) is 19.3 Å². The first kappa shape index (κ1) is 27.3. The first-order valence-electron chi connectivity index (χ1n) is 12.7. The van der Waals surface area contributed by atoms with Gasteiger partial charge in [-0.3, -0.25) is 0 Å². The highest BCUT2D eigenvalue weighted by Crippen LogP contribution is 2.43. The zero-order valence-corrected chi connectivity index (χ0v) is 21.6. The fraction of sp³-hybridized carbons (Fsp3) is 0.419. The van der Waals surface area contributed by atoms with E-state index >= 15 is 0 Å². The highest BCUT2D eigenvalue weighted by molar-refractivity contribution is 5.53. The van der Waals surface area contributed by atoms with Gasteiger partial charge in [0, 0.05) is 11.6 Å². The van der Waals surface area contributed by atoms with E-state index in [0.29, 0.717) is 24.7 Å². The minimum Gasteiger partial charge on any atom is -0.504 e. The number of unbranched alkanes of at least 4 members (excludes halogenated alkanes) is 3. The zero-order valence-electron chi connectivity index (χ0n) is 21.6. The van der Waals surface area contributed by atoms with Crippen LogP contribution in [0.2, 0.25) is 0 Å². The van der Waals surface area contributed by atoms with Crippen molar-refractivity contribution in [3.63, 3.8) is 0 Å². The lowest BCUT2D eigenvalue weighted by atomic mass is 9.79. The van der Waals surface area contributed by atoms with E-state index in [1.54, 1.807) is 6.07 Å². The van der Waals surface area contributed by atoms with Crippen LogP contribution in [0.1, 0.15) is 83.4 Å². The maximum Gasteiger partial charge on any atom is 0.165 e. The van der Waals surface area contributed by atoms with Crippen molar-refractivity contribution in [1.82, 2.24) is 0 Å². The summed E-state index contributed by atoms with van der Waals surface area (Å²) in [5.41, 5.74) is 2.85. The molecule has 3 rings (SSSR count). The Bertz CT molecular complexity index is 949. The van der Waals surface area contributed by atoms with Crippen molar-refractivity contribution in [2.24, 2.45) is 0 Å². The molecule has 3 nitrogen and oxygen atoms in total. The molecule has 0 radical (unpaired) electrons. The number of rotatable bonds is 12. The molecule has 0 unspecified atom stereocenters. The Morgan fingerprint density at radius 1 is 0.735 bits per heavy atom. The Kier molecular flexibility index (Phi) is 11.5. The smallest absolute Gasteiger partial charge is 0.165 e. The Hall–Kier alpha value is -2.94. The van der Waals surface area contributed by atoms with Gasteiger partial charge in [0.05, 0.1) is 0 Å². The molecule has 0 aliphatic carbocycles. The van der Waals surface area contributed by atoms with Gasteiger partial charge in [-0.25, -0.2) is 0 Å². The van der Waals surface area contributed by atoms with Gasteiger partial charge in [-0.2, -0.15) is 0 Å². The van der Waals surface area contributed by atoms with Crippen molar-refractivity contribution < 1.29 is 14.6 Å². The third kappa shape index (κ3) is 8.44. The average Bonchev–Trinajstić information content (AvgIpc) is 2.87. The summed E-state index contributed by atoms with van der Waals surface area (Å²) in [6.45, 7) is 11.5. The normalized spacial score (nSPS) is 10.9. The average molecular weight is 463 g/mol. The number of ether oxygens (including phenoxy) is 2. The van der Waals surface area contributed by atoms with Crippen molar-refractivity contribution in [3.8, 4) is 17.2 Å². The first-order chi connectivity index (χ1) is 16.5. The van der Waals surface area contributed by atoms with Crippen molar-refractivity contribution in [1.29, 1.82) is 0 Å². The Balaban J connectivity index is 0.00000199. The van der Waals surface area contributed by atoms with Gasteiger partial charge < -0.3 is 14.6 Å². The highest BCUT2D eigenvalue weighted by Gasteiger charge is 2.27. The lowest BCUT2D eigenvalue weighted by molar-refractivity contribution is 0.273. The van der Waals surface area contributed by atoms with Gasteiger partial charge in [-0.05, 0) is 29.0 Å². The molecule has 34 heavy (non-hydrogen) atoms. The number of hydrogen-bond donors (Lipinski definition) is 1. The van der Waals surface area contributed by atoms with Crippen molar-refractivity contribution >= 4 is 0 Å². The molecule has 0 aliphatic rings. The van der Waals surface area contributed by atoms with E-state index in [0.717, 1.165) is 29.5 Å². The zero-order chi connectivity index (χ0) is 24.8. The Morgan fingerprint density at radius 3 is 1.85 bits per heavy atom. The van der Waals surface area contributed by atoms with Gasteiger partial charge in [0.25, 0.3) is 0 Å². The van der Waals surface area contributed by atoms with Crippen LogP contribution in [0, 0.1) is 0 Å². The van der Waals surface area contributed by atoms with E-state index < -0.39 is 0 Å². The molecule has 1 N–H and O–H groups in total. The number of aromatic hydroxyl groups is 1. The van der Waals surface area contributed by atoms with Gasteiger partial charge in [0.15, 0.2) is 11.5 Å². The molecule has 0 atom stereocenters.